The normalized spacial score (nSPS) is 19.8. The summed E-state index contributed by atoms with van der Waals surface area (Å²) in [6.45, 7) is 0. The van der Waals surface area contributed by atoms with Gasteiger partial charge in [0.15, 0.2) is 11.0 Å². The maximum Gasteiger partial charge on any atom is 0.240 e. The van der Waals surface area contributed by atoms with Gasteiger partial charge < -0.3 is 10.6 Å². The number of hydrogen-bond acceptors (Lipinski definition) is 5. The zero-order chi connectivity index (χ0) is 20.4. The van der Waals surface area contributed by atoms with E-state index >= 15 is 0 Å². The molecule has 0 aromatic heterocycles. The molecule has 6 nitrogen and oxygen atoms in total. The molecule has 1 saturated carbocycles. The second kappa shape index (κ2) is 8.39. The molecule has 2 aromatic carbocycles. The summed E-state index contributed by atoms with van der Waals surface area (Å²) in [5.74, 6) is -0.814. The number of carbonyl (C=O) groups excluding carboxylic acids is 3. The van der Waals surface area contributed by atoms with Crippen molar-refractivity contribution >= 4 is 51.8 Å². The second-order valence-corrected chi connectivity index (χ2v) is 8.53. The monoisotopic (exact) mass is 427 g/mol. The number of amidine groups is 1. The molecule has 1 aliphatic carbocycles. The van der Waals surface area contributed by atoms with E-state index in [9.17, 15) is 14.4 Å². The van der Waals surface area contributed by atoms with Crippen molar-refractivity contribution < 1.29 is 14.4 Å². The van der Waals surface area contributed by atoms with Gasteiger partial charge in [0, 0.05) is 22.6 Å². The number of amides is 2. The molecule has 8 heteroatoms. The largest absolute Gasteiger partial charge is 0.325 e. The zero-order valence-electron chi connectivity index (χ0n) is 15.4. The molecule has 0 radical (unpaired) electrons. The minimum absolute atomic E-state index is 0.0121. The molecule has 2 aliphatic rings. The molecule has 2 N–H and O–H groups in total. The van der Waals surface area contributed by atoms with Crippen molar-refractivity contribution in [3.63, 3.8) is 0 Å². The first-order valence-electron chi connectivity index (χ1n) is 9.24. The van der Waals surface area contributed by atoms with Crippen LogP contribution < -0.4 is 10.6 Å². The van der Waals surface area contributed by atoms with E-state index in [0.717, 1.165) is 12.8 Å². The highest BCUT2D eigenvalue weighted by atomic mass is 35.5. The number of aliphatic imine (C=N–C) groups is 1. The Kier molecular flexibility index (Phi) is 5.69. The molecular weight excluding hydrogens is 410 g/mol. The molecule has 0 unspecified atom stereocenters. The van der Waals surface area contributed by atoms with Crippen LogP contribution in [0, 0.1) is 0 Å². The fraction of sp³-hybridized carbons (Fsp3) is 0.238. The molecule has 1 atom stereocenters. The average molecular weight is 428 g/mol. The minimum atomic E-state index is -0.534. The van der Waals surface area contributed by atoms with Gasteiger partial charge in [-0.05, 0) is 31.0 Å². The van der Waals surface area contributed by atoms with Crippen molar-refractivity contribution in [3.8, 4) is 0 Å². The number of benzene rings is 2. The summed E-state index contributed by atoms with van der Waals surface area (Å²) in [7, 11) is 0. The third-order valence-corrected chi connectivity index (χ3v) is 5.86. The molecule has 4 rings (SSSR count). The number of nitrogens with one attached hydrogen (secondary N) is 2. The van der Waals surface area contributed by atoms with Crippen molar-refractivity contribution in [2.24, 2.45) is 4.99 Å². The Balaban J connectivity index is 1.47. The number of anilines is 1. The Hall–Kier alpha value is -2.64. The second-order valence-electron chi connectivity index (χ2n) is 6.90. The lowest BCUT2D eigenvalue weighted by Gasteiger charge is -2.12. The minimum Gasteiger partial charge on any atom is -0.325 e. The van der Waals surface area contributed by atoms with Gasteiger partial charge in [0.05, 0.1) is 11.7 Å². The maximum absolute atomic E-state index is 12.9. The highest BCUT2D eigenvalue weighted by Crippen LogP contribution is 2.29. The van der Waals surface area contributed by atoms with Crippen molar-refractivity contribution in [1.29, 1.82) is 0 Å². The smallest absolute Gasteiger partial charge is 0.240 e. The Morgan fingerprint density at radius 3 is 2.66 bits per heavy atom. The Morgan fingerprint density at radius 1 is 1.17 bits per heavy atom. The predicted molar refractivity (Wildman–Crippen MR) is 115 cm³/mol. The fourth-order valence-electron chi connectivity index (χ4n) is 2.90. The number of ketones is 1. The van der Waals surface area contributed by atoms with Gasteiger partial charge in [0.2, 0.25) is 11.8 Å². The van der Waals surface area contributed by atoms with E-state index in [1.54, 1.807) is 36.4 Å². The van der Waals surface area contributed by atoms with Gasteiger partial charge in [0.1, 0.15) is 5.25 Å². The van der Waals surface area contributed by atoms with Gasteiger partial charge in [-0.2, -0.15) is 0 Å². The van der Waals surface area contributed by atoms with Gasteiger partial charge in [-0.15, -0.1) is 0 Å². The number of rotatable bonds is 6. The van der Waals surface area contributed by atoms with E-state index in [2.05, 4.69) is 15.6 Å². The van der Waals surface area contributed by atoms with Crippen molar-refractivity contribution in [2.45, 2.75) is 30.6 Å². The molecule has 1 aliphatic heterocycles. The quantitative estimate of drug-likeness (QED) is 0.689. The van der Waals surface area contributed by atoms with Crippen molar-refractivity contribution in [1.82, 2.24) is 5.32 Å². The van der Waals surface area contributed by atoms with Crippen LogP contribution in [-0.4, -0.2) is 34.1 Å². The number of nitrogens with zero attached hydrogens (tertiary/aromatic N) is 1. The summed E-state index contributed by atoms with van der Waals surface area (Å²) in [6.07, 6.45) is 2.07. The molecule has 2 amide bonds. The fourth-order valence-corrected chi connectivity index (χ4v) is 4.11. The van der Waals surface area contributed by atoms with E-state index in [-0.39, 0.29) is 24.0 Å². The standard InChI is InChI=1S/C21H18ClN3O3S/c22-13-6-9-16(15(10-13)19(27)12-4-2-1-3-5-12)24-18(26)11-17-20(28)25-21(29-17)23-14-7-8-14/h1-6,9-10,14,17H,7-8,11H2,(H,24,26)(H,23,25,28)/t17-/m0/s1. The van der Waals surface area contributed by atoms with Gasteiger partial charge in [-0.3, -0.25) is 19.4 Å². The Bertz CT molecular complexity index is 1010. The molecule has 2 fully saturated rings. The summed E-state index contributed by atoms with van der Waals surface area (Å²) in [4.78, 5) is 41.9. The van der Waals surface area contributed by atoms with Crippen LogP contribution in [0.3, 0.4) is 0 Å². The molecule has 148 valence electrons. The van der Waals surface area contributed by atoms with Crippen molar-refractivity contribution in [3.05, 3.63) is 64.7 Å². The molecule has 0 spiro atoms. The van der Waals surface area contributed by atoms with Crippen LogP contribution >= 0.6 is 23.4 Å². The highest BCUT2D eigenvalue weighted by molar-refractivity contribution is 8.15. The van der Waals surface area contributed by atoms with Crippen LogP contribution in [-0.2, 0) is 9.59 Å². The molecule has 29 heavy (non-hydrogen) atoms. The van der Waals surface area contributed by atoms with Crippen LogP contribution in [0.25, 0.3) is 0 Å². The first-order valence-corrected chi connectivity index (χ1v) is 10.5. The predicted octanol–water partition coefficient (Wildman–Crippen LogP) is 3.65. The van der Waals surface area contributed by atoms with Crippen molar-refractivity contribution in [2.75, 3.05) is 5.32 Å². The van der Waals surface area contributed by atoms with E-state index in [1.165, 1.54) is 17.8 Å². The SMILES string of the molecule is O=C(C[C@@H]1SC(=NC2CC2)NC1=O)Nc1ccc(Cl)cc1C(=O)c1ccccc1. The maximum atomic E-state index is 12.9. The molecule has 2 aromatic rings. The number of carbonyl (C=O) groups is 3. The number of halogens is 1. The first-order chi connectivity index (χ1) is 14.0. The molecule has 1 heterocycles. The third kappa shape index (κ3) is 4.86. The van der Waals surface area contributed by atoms with E-state index in [4.69, 9.17) is 11.6 Å². The summed E-state index contributed by atoms with van der Waals surface area (Å²) in [5.41, 5.74) is 1.16. The van der Waals surface area contributed by atoms with Crippen LogP contribution in [0.5, 0.6) is 0 Å². The molecule has 1 saturated heterocycles. The lowest BCUT2D eigenvalue weighted by Crippen LogP contribution is -2.28. The van der Waals surface area contributed by atoms with Gasteiger partial charge in [-0.25, -0.2) is 0 Å². The summed E-state index contributed by atoms with van der Waals surface area (Å²) >= 11 is 7.35. The third-order valence-electron chi connectivity index (χ3n) is 4.53. The number of hydrogen-bond donors (Lipinski definition) is 2. The van der Waals surface area contributed by atoms with Crippen LogP contribution in [0.15, 0.2) is 53.5 Å². The summed E-state index contributed by atoms with van der Waals surface area (Å²) in [5, 5.41) is 5.93. The Labute approximate surface area is 177 Å². The van der Waals surface area contributed by atoms with Crippen LogP contribution in [0.2, 0.25) is 5.02 Å². The number of thioether (sulfide) groups is 1. The Morgan fingerprint density at radius 2 is 1.93 bits per heavy atom. The zero-order valence-corrected chi connectivity index (χ0v) is 16.9. The highest BCUT2D eigenvalue weighted by Gasteiger charge is 2.34. The van der Waals surface area contributed by atoms with E-state index in [1.807, 2.05) is 6.07 Å². The summed E-state index contributed by atoms with van der Waals surface area (Å²) < 4.78 is 0. The van der Waals surface area contributed by atoms with Crippen LogP contribution in [0.4, 0.5) is 5.69 Å². The summed E-state index contributed by atoms with van der Waals surface area (Å²) in [6, 6.07) is 13.8. The lowest BCUT2D eigenvalue weighted by molar-refractivity contribution is -0.122. The van der Waals surface area contributed by atoms with Gasteiger partial charge in [0.25, 0.3) is 0 Å². The molecular formula is C21H18ClN3O3S. The topological polar surface area (TPSA) is 87.6 Å². The van der Waals surface area contributed by atoms with Gasteiger partial charge in [-0.1, -0.05) is 53.7 Å². The lowest BCUT2D eigenvalue weighted by atomic mass is 10.0. The first kappa shape index (κ1) is 19.7. The average Bonchev–Trinajstić information content (AvgIpc) is 3.46. The van der Waals surface area contributed by atoms with Crippen LogP contribution in [0.1, 0.15) is 35.2 Å². The van der Waals surface area contributed by atoms with E-state index in [0.29, 0.717) is 33.0 Å². The molecule has 0 bridgehead atoms. The van der Waals surface area contributed by atoms with Gasteiger partial charge >= 0.3 is 0 Å². The van der Waals surface area contributed by atoms with E-state index < -0.39 is 5.25 Å².